The lowest BCUT2D eigenvalue weighted by molar-refractivity contribution is 0.0827. The first kappa shape index (κ1) is 18.6. The van der Waals surface area contributed by atoms with Gasteiger partial charge in [-0.1, -0.05) is 12.1 Å². The standard InChI is InChI=1S/C18H28N4OS/c1-18(10-5-11-24-18)13-21-17(19-2)20-12-14-6-8-15(9-7-14)16(23)22(3)4/h6-9H,5,10-13H2,1-4H3,(H2,19,20,21). The summed E-state index contributed by atoms with van der Waals surface area (Å²) in [6, 6.07) is 7.69. The number of thioether (sulfide) groups is 1. The predicted octanol–water partition coefficient (Wildman–Crippen LogP) is 2.34. The predicted molar refractivity (Wildman–Crippen MR) is 103 cm³/mol. The molecule has 6 heteroatoms. The van der Waals surface area contributed by atoms with Crippen LogP contribution in [0, 0.1) is 0 Å². The molecule has 0 spiro atoms. The third-order valence-electron chi connectivity index (χ3n) is 4.22. The number of hydrogen-bond donors (Lipinski definition) is 2. The minimum absolute atomic E-state index is 0.0225. The molecule has 2 N–H and O–H groups in total. The van der Waals surface area contributed by atoms with Gasteiger partial charge in [-0.2, -0.15) is 11.8 Å². The van der Waals surface area contributed by atoms with Crippen LogP contribution >= 0.6 is 11.8 Å². The maximum Gasteiger partial charge on any atom is 0.253 e. The van der Waals surface area contributed by atoms with Crippen LogP contribution in [-0.4, -0.2) is 55.0 Å². The number of benzene rings is 1. The van der Waals surface area contributed by atoms with Crippen molar-refractivity contribution in [2.24, 2.45) is 4.99 Å². The van der Waals surface area contributed by atoms with Gasteiger partial charge in [0.2, 0.25) is 0 Å². The average molecular weight is 349 g/mol. The van der Waals surface area contributed by atoms with Crippen molar-refractivity contribution in [3.05, 3.63) is 35.4 Å². The SMILES string of the molecule is CN=C(NCc1ccc(C(=O)N(C)C)cc1)NCC1(C)CCCS1. The van der Waals surface area contributed by atoms with E-state index in [1.807, 2.05) is 36.0 Å². The molecule has 1 aromatic carbocycles. The molecule has 0 saturated carbocycles. The Hall–Kier alpha value is -1.69. The Balaban J connectivity index is 1.83. The number of carbonyl (C=O) groups excluding carboxylic acids is 1. The lowest BCUT2D eigenvalue weighted by Gasteiger charge is -2.24. The minimum atomic E-state index is 0.0225. The van der Waals surface area contributed by atoms with E-state index in [1.165, 1.54) is 18.6 Å². The van der Waals surface area contributed by atoms with Crippen molar-refractivity contribution in [2.75, 3.05) is 33.4 Å². The maximum atomic E-state index is 11.9. The summed E-state index contributed by atoms with van der Waals surface area (Å²) in [6.07, 6.45) is 2.55. The third-order valence-corrected chi connectivity index (χ3v) is 5.76. The largest absolute Gasteiger partial charge is 0.355 e. The molecular weight excluding hydrogens is 320 g/mol. The summed E-state index contributed by atoms with van der Waals surface area (Å²) in [4.78, 5) is 17.8. The van der Waals surface area contributed by atoms with Crippen molar-refractivity contribution >= 4 is 23.6 Å². The second kappa shape index (κ2) is 8.42. The summed E-state index contributed by atoms with van der Waals surface area (Å²) in [7, 11) is 5.31. The first-order valence-corrected chi connectivity index (χ1v) is 9.31. The minimum Gasteiger partial charge on any atom is -0.355 e. The summed E-state index contributed by atoms with van der Waals surface area (Å²) in [5, 5.41) is 6.76. The zero-order chi connectivity index (χ0) is 17.6. The van der Waals surface area contributed by atoms with Crippen LogP contribution in [0.3, 0.4) is 0 Å². The van der Waals surface area contributed by atoms with Gasteiger partial charge in [-0.05, 0) is 43.2 Å². The van der Waals surface area contributed by atoms with E-state index < -0.39 is 0 Å². The fourth-order valence-corrected chi connectivity index (χ4v) is 3.92. The summed E-state index contributed by atoms with van der Waals surface area (Å²) < 4.78 is 0.311. The van der Waals surface area contributed by atoms with Gasteiger partial charge in [0.15, 0.2) is 5.96 Å². The van der Waals surface area contributed by atoms with Crippen LogP contribution in [0.2, 0.25) is 0 Å². The molecule has 1 aliphatic heterocycles. The van der Waals surface area contributed by atoms with Gasteiger partial charge in [-0.3, -0.25) is 9.79 Å². The Labute approximate surface area is 149 Å². The van der Waals surface area contributed by atoms with Crippen molar-refractivity contribution in [1.29, 1.82) is 0 Å². The number of rotatable bonds is 5. The first-order valence-electron chi connectivity index (χ1n) is 8.32. The Bertz CT molecular complexity index is 577. The van der Waals surface area contributed by atoms with Crippen molar-refractivity contribution in [1.82, 2.24) is 15.5 Å². The molecule has 0 aliphatic carbocycles. The van der Waals surface area contributed by atoms with Gasteiger partial charge in [0.05, 0.1) is 0 Å². The molecule has 5 nitrogen and oxygen atoms in total. The van der Waals surface area contributed by atoms with E-state index in [9.17, 15) is 4.79 Å². The van der Waals surface area contributed by atoms with Crippen LogP contribution in [0.1, 0.15) is 35.7 Å². The van der Waals surface area contributed by atoms with E-state index in [0.717, 1.165) is 18.1 Å². The summed E-state index contributed by atoms with van der Waals surface area (Å²) in [6.45, 7) is 3.92. The fraction of sp³-hybridized carbons (Fsp3) is 0.556. The van der Waals surface area contributed by atoms with E-state index in [1.54, 1.807) is 26.0 Å². The van der Waals surface area contributed by atoms with Crippen molar-refractivity contribution in [2.45, 2.75) is 31.1 Å². The van der Waals surface area contributed by atoms with E-state index in [4.69, 9.17) is 0 Å². The van der Waals surface area contributed by atoms with Crippen LogP contribution in [0.5, 0.6) is 0 Å². The molecule has 1 heterocycles. The molecule has 0 radical (unpaired) electrons. The highest BCUT2D eigenvalue weighted by Gasteiger charge is 2.29. The van der Waals surface area contributed by atoms with Crippen LogP contribution < -0.4 is 10.6 Å². The van der Waals surface area contributed by atoms with Crippen molar-refractivity contribution in [3.63, 3.8) is 0 Å². The van der Waals surface area contributed by atoms with E-state index in [0.29, 0.717) is 16.9 Å². The zero-order valence-electron chi connectivity index (χ0n) is 15.1. The van der Waals surface area contributed by atoms with E-state index in [-0.39, 0.29) is 5.91 Å². The second-order valence-electron chi connectivity index (χ2n) is 6.58. The molecule has 0 aromatic heterocycles. The number of hydrogen-bond acceptors (Lipinski definition) is 3. The quantitative estimate of drug-likeness (QED) is 0.633. The highest BCUT2D eigenvalue weighted by atomic mass is 32.2. The Morgan fingerprint density at radius 1 is 1.29 bits per heavy atom. The number of amides is 1. The van der Waals surface area contributed by atoms with Crippen LogP contribution in [-0.2, 0) is 6.54 Å². The van der Waals surface area contributed by atoms with Gasteiger partial charge in [0, 0.05) is 44.5 Å². The monoisotopic (exact) mass is 348 g/mol. The number of nitrogens with one attached hydrogen (secondary N) is 2. The van der Waals surface area contributed by atoms with Crippen LogP contribution in [0.25, 0.3) is 0 Å². The Morgan fingerprint density at radius 2 is 2.00 bits per heavy atom. The first-order chi connectivity index (χ1) is 11.4. The van der Waals surface area contributed by atoms with E-state index >= 15 is 0 Å². The molecular formula is C18H28N4OS. The lowest BCUT2D eigenvalue weighted by Crippen LogP contribution is -2.43. The van der Waals surface area contributed by atoms with Gasteiger partial charge in [-0.25, -0.2) is 0 Å². The third kappa shape index (κ3) is 5.16. The Kier molecular flexibility index (Phi) is 6.54. The molecule has 1 amide bonds. The summed E-state index contributed by atoms with van der Waals surface area (Å²) in [5.41, 5.74) is 1.83. The topological polar surface area (TPSA) is 56.7 Å². The highest BCUT2D eigenvalue weighted by Crippen LogP contribution is 2.36. The lowest BCUT2D eigenvalue weighted by atomic mass is 10.1. The number of aliphatic imine (C=N–C) groups is 1. The zero-order valence-corrected chi connectivity index (χ0v) is 15.9. The molecule has 132 valence electrons. The number of nitrogens with zero attached hydrogens (tertiary/aromatic N) is 2. The molecule has 0 bridgehead atoms. The molecule has 1 saturated heterocycles. The molecule has 24 heavy (non-hydrogen) atoms. The molecule has 1 fully saturated rings. The van der Waals surface area contributed by atoms with Gasteiger partial charge in [0.25, 0.3) is 5.91 Å². The van der Waals surface area contributed by atoms with E-state index in [2.05, 4.69) is 22.5 Å². The molecule has 1 unspecified atom stereocenters. The van der Waals surface area contributed by atoms with Crippen molar-refractivity contribution < 1.29 is 4.79 Å². The molecule has 1 atom stereocenters. The summed E-state index contributed by atoms with van der Waals surface area (Å²) in [5.74, 6) is 2.09. The fourth-order valence-electron chi connectivity index (χ4n) is 2.68. The highest BCUT2D eigenvalue weighted by molar-refractivity contribution is 8.00. The van der Waals surface area contributed by atoms with Gasteiger partial charge < -0.3 is 15.5 Å². The van der Waals surface area contributed by atoms with Gasteiger partial charge in [0.1, 0.15) is 0 Å². The molecule has 1 aliphatic rings. The van der Waals surface area contributed by atoms with Gasteiger partial charge in [-0.15, -0.1) is 0 Å². The molecule has 2 rings (SSSR count). The van der Waals surface area contributed by atoms with Gasteiger partial charge >= 0.3 is 0 Å². The Morgan fingerprint density at radius 3 is 2.54 bits per heavy atom. The van der Waals surface area contributed by atoms with Crippen LogP contribution in [0.15, 0.2) is 29.3 Å². The number of guanidine groups is 1. The second-order valence-corrected chi connectivity index (χ2v) is 8.26. The smallest absolute Gasteiger partial charge is 0.253 e. The molecule has 1 aromatic rings. The normalized spacial score (nSPS) is 20.8. The van der Waals surface area contributed by atoms with Crippen LogP contribution in [0.4, 0.5) is 0 Å². The average Bonchev–Trinajstić information content (AvgIpc) is 3.01. The van der Waals surface area contributed by atoms with Crippen molar-refractivity contribution in [3.8, 4) is 0 Å². The summed E-state index contributed by atoms with van der Waals surface area (Å²) >= 11 is 2.04. The number of carbonyl (C=O) groups is 1. The maximum absolute atomic E-state index is 11.9.